The predicted molar refractivity (Wildman–Crippen MR) is 89.9 cm³/mol. The molecule has 4 nitrogen and oxygen atoms in total. The molecule has 0 bridgehead atoms. The predicted octanol–water partition coefficient (Wildman–Crippen LogP) is 1.67. The van der Waals surface area contributed by atoms with Gasteiger partial charge in [0.2, 0.25) is 0 Å². The molecule has 4 heteroatoms. The maximum Gasteiger partial charge on any atom is 0.0615 e. The summed E-state index contributed by atoms with van der Waals surface area (Å²) in [6, 6.07) is 0.695. The molecule has 0 aromatic rings. The second-order valence-corrected chi connectivity index (χ2v) is 8.44. The second-order valence-electron chi connectivity index (χ2n) is 8.44. The summed E-state index contributed by atoms with van der Waals surface area (Å²) in [7, 11) is 0. The van der Waals surface area contributed by atoms with Gasteiger partial charge in [-0.3, -0.25) is 5.32 Å². The van der Waals surface area contributed by atoms with Gasteiger partial charge in [-0.2, -0.15) is 0 Å². The van der Waals surface area contributed by atoms with Crippen LogP contribution in [0.1, 0.15) is 51.9 Å². The van der Waals surface area contributed by atoms with Crippen LogP contribution in [0.2, 0.25) is 0 Å². The lowest BCUT2D eigenvalue weighted by atomic mass is 9.73. The molecule has 6 N–H and O–H groups in total. The molecular formula is C18H32N4. The van der Waals surface area contributed by atoms with Crippen LogP contribution in [-0.4, -0.2) is 24.9 Å². The Morgan fingerprint density at radius 3 is 2.68 bits per heavy atom. The number of rotatable bonds is 4. The molecule has 1 saturated heterocycles. The number of hydrogen-bond acceptors (Lipinski definition) is 4. The number of hydrogen-bond donors (Lipinski definition) is 4. The lowest BCUT2D eigenvalue weighted by molar-refractivity contribution is 0.136. The minimum absolute atomic E-state index is 0.0390. The summed E-state index contributed by atoms with van der Waals surface area (Å²) in [6.45, 7) is 3.26. The van der Waals surface area contributed by atoms with Gasteiger partial charge in [-0.1, -0.05) is 18.6 Å². The zero-order valence-corrected chi connectivity index (χ0v) is 13.9. The number of allylic oxidation sites excluding steroid dienone is 1. The van der Waals surface area contributed by atoms with Crippen molar-refractivity contribution in [3.05, 3.63) is 11.6 Å². The first kappa shape index (κ1) is 15.1. The first-order valence-corrected chi connectivity index (χ1v) is 9.28. The van der Waals surface area contributed by atoms with Gasteiger partial charge in [-0.15, -0.1) is 0 Å². The second kappa shape index (κ2) is 5.59. The van der Waals surface area contributed by atoms with E-state index in [1.165, 1.54) is 44.9 Å². The van der Waals surface area contributed by atoms with Crippen molar-refractivity contribution >= 4 is 0 Å². The summed E-state index contributed by atoms with van der Waals surface area (Å²) in [6.07, 6.45) is 11.9. The lowest BCUT2D eigenvalue weighted by Gasteiger charge is -2.45. The molecule has 124 valence electrons. The SMILES string of the molecule is CC1(C2=CC(C3NCNC(N)C3C(N)C3CC3)CCC2)CC1. The molecule has 0 spiro atoms. The third-order valence-corrected chi connectivity index (χ3v) is 6.75. The van der Waals surface area contributed by atoms with E-state index in [2.05, 4.69) is 23.6 Å². The Morgan fingerprint density at radius 2 is 2.00 bits per heavy atom. The van der Waals surface area contributed by atoms with Gasteiger partial charge in [-0.25, -0.2) is 0 Å². The fraction of sp³-hybridized carbons (Fsp3) is 0.889. The van der Waals surface area contributed by atoms with Crippen LogP contribution < -0.4 is 22.1 Å². The summed E-state index contributed by atoms with van der Waals surface area (Å²) in [5, 5.41) is 7.09. The molecule has 2 saturated carbocycles. The fourth-order valence-electron chi connectivity index (χ4n) is 4.75. The molecule has 0 aromatic carbocycles. The van der Waals surface area contributed by atoms with Gasteiger partial charge in [-0.05, 0) is 62.2 Å². The van der Waals surface area contributed by atoms with Gasteiger partial charge in [0.1, 0.15) is 0 Å². The quantitative estimate of drug-likeness (QED) is 0.596. The Bertz CT molecular complexity index is 452. The Labute approximate surface area is 134 Å². The third kappa shape index (κ3) is 2.75. The molecule has 0 amide bonds. The maximum atomic E-state index is 6.59. The molecule has 4 aliphatic rings. The first-order chi connectivity index (χ1) is 10.6. The van der Waals surface area contributed by atoms with Gasteiger partial charge in [0, 0.05) is 24.7 Å². The van der Waals surface area contributed by atoms with Gasteiger partial charge < -0.3 is 16.8 Å². The molecule has 1 aliphatic heterocycles. The highest BCUT2D eigenvalue weighted by atomic mass is 15.2. The molecule has 4 rings (SSSR count). The zero-order valence-electron chi connectivity index (χ0n) is 13.9. The van der Waals surface area contributed by atoms with E-state index < -0.39 is 0 Å². The molecule has 5 unspecified atom stereocenters. The molecule has 5 atom stereocenters. The highest BCUT2D eigenvalue weighted by molar-refractivity contribution is 5.24. The van der Waals surface area contributed by atoms with E-state index in [9.17, 15) is 0 Å². The van der Waals surface area contributed by atoms with Crippen molar-refractivity contribution in [1.29, 1.82) is 0 Å². The summed E-state index contributed by atoms with van der Waals surface area (Å²) in [4.78, 5) is 0. The van der Waals surface area contributed by atoms with Crippen LogP contribution in [0.15, 0.2) is 11.6 Å². The molecule has 22 heavy (non-hydrogen) atoms. The van der Waals surface area contributed by atoms with E-state index >= 15 is 0 Å². The summed E-state index contributed by atoms with van der Waals surface area (Å²) >= 11 is 0. The van der Waals surface area contributed by atoms with Crippen LogP contribution in [0.25, 0.3) is 0 Å². The zero-order chi connectivity index (χ0) is 15.3. The molecule has 0 radical (unpaired) electrons. The van der Waals surface area contributed by atoms with Gasteiger partial charge in [0.15, 0.2) is 0 Å². The number of nitrogens with one attached hydrogen (secondary N) is 2. The van der Waals surface area contributed by atoms with E-state index in [0.717, 1.165) is 6.67 Å². The van der Waals surface area contributed by atoms with E-state index in [0.29, 0.717) is 29.2 Å². The Morgan fingerprint density at radius 1 is 1.23 bits per heavy atom. The van der Waals surface area contributed by atoms with E-state index in [1.807, 2.05) is 0 Å². The monoisotopic (exact) mass is 304 g/mol. The highest BCUT2D eigenvalue weighted by Crippen LogP contribution is 2.54. The Balaban J connectivity index is 1.55. The van der Waals surface area contributed by atoms with Gasteiger partial charge in [0.05, 0.1) is 6.17 Å². The van der Waals surface area contributed by atoms with E-state index in [4.69, 9.17) is 11.5 Å². The first-order valence-electron chi connectivity index (χ1n) is 9.28. The lowest BCUT2D eigenvalue weighted by Crippen LogP contribution is -2.67. The summed E-state index contributed by atoms with van der Waals surface area (Å²) in [5.41, 5.74) is 15.3. The molecule has 0 aromatic heterocycles. The molecule has 3 fully saturated rings. The average molecular weight is 304 g/mol. The Hall–Kier alpha value is -0.420. The molecule has 3 aliphatic carbocycles. The largest absolute Gasteiger partial charge is 0.327 e. The fourth-order valence-corrected chi connectivity index (χ4v) is 4.75. The normalized spacial score (nSPS) is 42.6. The molecule has 1 heterocycles. The van der Waals surface area contributed by atoms with Gasteiger partial charge >= 0.3 is 0 Å². The smallest absolute Gasteiger partial charge is 0.0615 e. The topological polar surface area (TPSA) is 76.1 Å². The minimum Gasteiger partial charge on any atom is -0.327 e. The van der Waals surface area contributed by atoms with E-state index in [-0.39, 0.29) is 12.2 Å². The standard InChI is InChI=1S/C18H32N4/c1-18(7-8-18)13-4-2-3-12(9-13)16-14(15(19)11-5-6-11)17(20)22-10-21-16/h9,11-12,14-17,21-22H,2-8,10,19-20H2,1H3. The third-order valence-electron chi connectivity index (χ3n) is 6.75. The average Bonchev–Trinajstić information content (AvgIpc) is 3.42. The van der Waals surface area contributed by atoms with Crippen molar-refractivity contribution in [2.24, 2.45) is 34.6 Å². The van der Waals surface area contributed by atoms with Crippen LogP contribution in [0.3, 0.4) is 0 Å². The molecular weight excluding hydrogens is 272 g/mol. The van der Waals surface area contributed by atoms with Crippen LogP contribution in [-0.2, 0) is 0 Å². The van der Waals surface area contributed by atoms with Crippen molar-refractivity contribution < 1.29 is 0 Å². The highest BCUT2D eigenvalue weighted by Gasteiger charge is 2.46. The van der Waals surface area contributed by atoms with Crippen molar-refractivity contribution in [1.82, 2.24) is 10.6 Å². The van der Waals surface area contributed by atoms with Crippen molar-refractivity contribution in [3.63, 3.8) is 0 Å². The van der Waals surface area contributed by atoms with E-state index in [1.54, 1.807) is 5.57 Å². The van der Waals surface area contributed by atoms with Crippen LogP contribution in [0.4, 0.5) is 0 Å². The van der Waals surface area contributed by atoms with Crippen LogP contribution in [0, 0.1) is 23.2 Å². The van der Waals surface area contributed by atoms with Crippen molar-refractivity contribution in [2.45, 2.75) is 70.1 Å². The van der Waals surface area contributed by atoms with Crippen molar-refractivity contribution in [2.75, 3.05) is 6.67 Å². The van der Waals surface area contributed by atoms with Crippen LogP contribution >= 0.6 is 0 Å². The van der Waals surface area contributed by atoms with Gasteiger partial charge in [0.25, 0.3) is 0 Å². The Kier molecular flexibility index (Phi) is 3.84. The van der Waals surface area contributed by atoms with Crippen LogP contribution in [0.5, 0.6) is 0 Å². The minimum atomic E-state index is 0.0390. The summed E-state index contributed by atoms with van der Waals surface area (Å²) < 4.78 is 0. The number of nitrogens with two attached hydrogens (primary N) is 2. The summed E-state index contributed by atoms with van der Waals surface area (Å²) in [5.74, 6) is 1.67. The maximum absolute atomic E-state index is 6.59. The van der Waals surface area contributed by atoms with Crippen molar-refractivity contribution in [3.8, 4) is 0 Å².